The predicted molar refractivity (Wildman–Crippen MR) is 101 cm³/mol. The maximum absolute atomic E-state index is 6.23. The lowest BCUT2D eigenvalue weighted by atomic mass is 9.90. The van der Waals surface area contributed by atoms with Crippen LogP contribution >= 0.6 is 0 Å². The van der Waals surface area contributed by atoms with Crippen molar-refractivity contribution >= 4 is 9.04 Å². The smallest absolute Gasteiger partial charge is 0.171 e. The summed E-state index contributed by atoms with van der Waals surface area (Å²) in [6.07, 6.45) is 3.51. The third-order valence-electron chi connectivity index (χ3n) is 5.30. The van der Waals surface area contributed by atoms with Crippen molar-refractivity contribution in [3.8, 4) is 16.9 Å². The summed E-state index contributed by atoms with van der Waals surface area (Å²) in [5, 5.41) is 0. The normalized spacial score (nSPS) is 17.2. The number of hydrogen-bond acceptors (Lipinski definition) is 2. The molecule has 2 aliphatic rings. The van der Waals surface area contributed by atoms with E-state index in [1.54, 1.807) is 0 Å². The zero-order chi connectivity index (χ0) is 16.9. The molecule has 0 N–H and O–H groups in total. The molecule has 126 valence electrons. The minimum atomic E-state index is -0.986. The van der Waals surface area contributed by atoms with Crippen molar-refractivity contribution in [2.24, 2.45) is 0 Å². The molecule has 2 nitrogen and oxygen atoms in total. The number of ether oxygens (including phenoxy) is 1. The Balaban J connectivity index is 1.71. The van der Waals surface area contributed by atoms with Gasteiger partial charge in [-0.05, 0) is 79.7 Å². The van der Waals surface area contributed by atoms with Gasteiger partial charge in [0.2, 0.25) is 0 Å². The second-order valence-electron chi connectivity index (χ2n) is 7.69. The summed E-state index contributed by atoms with van der Waals surface area (Å²) in [5.41, 5.74) is 8.21. The molecule has 4 rings (SSSR count). The molecule has 0 aromatic heterocycles. The first-order valence-corrected chi connectivity index (χ1v) is 11.8. The second kappa shape index (κ2) is 5.75. The zero-order valence-electron chi connectivity index (χ0n) is 15.1. The van der Waals surface area contributed by atoms with Crippen LogP contribution in [0.2, 0.25) is 13.1 Å². The van der Waals surface area contributed by atoms with Crippen molar-refractivity contribution in [2.45, 2.75) is 58.4 Å². The number of fused-ring (bicyclic) bond motifs is 1. The van der Waals surface area contributed by atoms with Gasteiger partial charge in [0.1, 0.15) is 11.4 Å². The van der Waals surface area contributed by atoms with Gasteiger partial charge in [-0.2, -0.15) is 0 Å². The van der Waals surface area contributed by atoms with E-state index in [0.29, 0.717) is 0 Å². The molecule has 0 amide bonds. The minimum absolute atomic E-state index is 0.149. The highest BCUT2D eigenvalue weighted by Gasteiger charge is 2.50. The maximum Gasteiger partial charge on any atom is 0.171 e. The third-order valence-corrected chi connectivity index (χ3v) is 6.13. The Morgan fingerprint density at radius 3 is 2.67 bits per heavy atom. The molecular formula is C21H26O2Si. The second-order valence-corrected chi connectivity index (χ2v) is 10.1. The first kappa shape index (κ1) is 15.9. The Hall–Kier alpha value is -1.58. The van der Waals surface area contributed by atoms with Gasteiger partial charge in [0.05, 0.1) is 6.61 Å². The van der Waals surface area contributed by atoms with Gasteiger partial charge in [-0.1, -0.05) is 18.2 Å². The molecule has 1 saturated carbocycles. The molecule has 3 heteroatoms. The van der Waals surface area contributed by atoms with Crippen LogP contribution in [0.15, 0.2) is 30.3 Å². The van der Waals surface area contributed by atoms with E-state index in [1.807, 2.05) is 0 Å². The standard InChI is InChI=1S/C21H26O2Si/c1-14-10-19-18(12-21(23-19)8-9-21)15(2)20(14)17-7-5-6-16(11-17)13-22-24(3)4/h5-7,10-11,24H,8-9,12-13H2,1-4H3. The minimum Gasteiger partial charge on any atom is -0.487 e. The summed E-state index contributed by atoms with van der Waals surface area (Å²) in [4.78, 5) is 0. The average Bonchev–Trinajstić information content (AvgIpc) is 3.18. The van der Waals surface area contributed by atoms with Crippen LogP contribution in [0, 0.1) is 13.8 Å². The van der Waals surface area contributed by atoms with Crippen molar-refractivity contribution in [1.29, 1.82) is 0 Å². The first-order valence-electron chi connectivity index (χ1n) is 9.00. The molecule has 0 radical (unpaired) electrons. The summed E-state index contributed by atoms with van der Waals surface area (Å²) in [5.74, 6) is 1.12. The third kappa shape index (κ3) is 2.80. The highest BCUT2D eigenvalue weighted by Crippen LogP contribution is 2.52. The molecule has 1 aliphatic carbocycles. The molecule has 2 aromatic rings. The van der Waals surface area contributed by atoms with E-state index >= 15 is 0 Å². The summed E-state index contributed by atoms with van der Waals surface area (Å²) in [6.45, 7) is 9.62. The summed E-state index contributed by atoms with van der Waals surface area (Å²) >= 11 is 0. The first-order chi connectivity index (χ1) is 11.5. The number of hydrogen-bond donors (Lipinski definition) is 0. The van der Waals surface area contributed by atoms with E-state index in [2.05, 4.69) is 57.3 Å². The molecular weight excluding hydrogens is 312 g/mol. The van der Waals surface area contributed by atoms with Crippen LogP contribution in [0.25, 0.3) is 11.1 Å². The van der Waals surface area contributed by atoms with Crippen LogP contribution in [-0.2, 0) is 17.5 Å². The Morgan fingerprint density at radius 1 is 1.17 bits per heavy atom. The quantitative estimate of drug-likeness (QED) is 0.735. The number of rotatable bonds is 4. The fourth-order valence-corrected chi connectivity index (χ4v) is 4.36. The van der Waals surface area contributed by atoms with Gasteiger partial charge >= 0.3 is 0 Å². The molecule has 1 aliphatic heterocycles. The Kier molecular flexibility index (Phi) is 3.81. The van der Waals surface area contributed by atoms with E-state index in [1.165, 1.54) is 46.2 Å². The SMILES string of the molecule is Cc1cc2c(c(C)c1-c1cccc(CO[SiH](C)C)c1)CC1(CC1)O2. The van der Waals surface area contributed by atoms with Gasteiger partial charge in [-0.25, -0.2) is 0 Å². The molecule has 1 spiro atoms. The molecule has 0 bridgehead atoms. The molecule has 1 heterocycles. The lowest BCUT2D eigenvalue weighted by Crippen LogP contribution is -2.12. The van der Waals surface area contributed by atoms with Crippen molar-refractivity contribution in [1.82, 2.24) is 0 Å². The van der Waals surface area contributed by atoms with Crippen LogP contribution in [0.4, 0.5) is 0 Å². The fraction of sp³-hybridized carbons (Fsp3) is 0.429. The topological polar surface area (TPSA) is 18.5 Å². The van der Waals surface area contributed by atoms with Crippen LogP contribution in [0.1, 0.15) is 35.1 Å². The van der Waals surface area contributed by atoms with Crippen LogP contribution in [-0.4, -0.2) is 14.6 Å². The predicted octanol–water partition coefficient (Wildman–Crippen LogP) is 4.94. The lowest BCUT2D eigenvalue weighted by molar-refractivity contribution is 0.211. The largest absolute Gasteiger partial charge is 0.487 e. The van der Waals surface area contributed by atoms with Crippen LogP contribution in [0.3, 0.4) is 0 Å². The van der Waals surface area contributed by atoms with Gasteiger partial charge in [-0.3, -0.25) is 0 Å². The van der Waals surface area contributed by atoms with Gasteiger partial charge in [0, 0.05) is 12.0 Å². The van der Waals surface area contributed by atoms with E-state index < -0.39 is 9.04 Å². The zero-order valence-corrected chi connectivity index (χ0v) is 16.3. The molecule has 0 atom stereocenters. The molecule has 1 fully saturated rings. The van der Waals surface area contributed by atoms with Crippen molar-refractivity contribution in [2.75, 3.05) is 0 Å². The van der Waals surface area contributed by atoms with E-state index in [-0.39, 0.29) is 5.60 Å². The number of aryl methyl sites for hydroxylation is 1. The summed E-state index contributed by atoms with van der Waals surface area (Å²) in [6, 6.07) is 11.1. The monoisotopic (exact) mass is 338 g/mol. The van der Waals surface area contributed by atoms with E-state index in [4.69, 9.17) is 9.16 Å². The highest BCUT2D eigenvalue weighted by atomic mass is 28.3. The summed E-state index contributed by atoms with van der Waals surface area (Å²) in [7, 11) is -0.986. The van der Waals surface area contributed by atoms with E-state index in [0.717, 1.165) is 18.8 Å². The molecule has 0 saturated heterocycles. The lowest BCUT2D eigenvalue weighted by Gasteiger charge is -2.15. The maximum atomic E-state index is 6.23. The molecule has 2 aromatic carbocycles. The van der Waals surface area contributed by atoms with Crippen LogP contribution in [0.5, 0.6) is 5.75 Å². The fourth-order valence-electron chi connectivity index (χ4n) is 3.83. The van der Waals surface area contributed by atoms with Crippen LogP contribution < -0.4 is 4.74 Å². The number of benzene rings is 2. The van der Waals surface area contributed by atoms with Gasteiger partial charge in [-0.15, -0.1) is 0 Å². The van der Waals surface area contributed by atoms with Crippen molar-refractivity contribution in [3.63, 3.8) is 0 Å². The van der Waals surface area contributed by atoms with Gasteiger partial charge in [0.15, 0.2) is 9.04 Å². The average molecular weight is 339 g/mol. The Labute approximate surface area is 146 Å². The Morgan fingerprint density at radius 2 is 1.96 bits per heavy atom. The van der Waals surface area contributed by atoms with Crippen molar-refractivity contribution in [3.05, 3.63) is 52.6 Å². The molecule has 24 heavy (non-hydrogen) atoms. The van der Waals surface area contributed by atoms with Gasteiger partial charge in [0.25, 0.3) is 0 Å². The van der Waals surface area contributed by atoms with Gasteiger partial charge < -0.3 is 9.16 Å². The van der Waals surface area contributed by atoms with Crippen molar-refractivity contribution < 1.29 is 9.16 Å². The molecule has 0 unspecified atom stereocenters. The van der Waals surface area contributed by atoms with E-state index in [9.17, 15) is 0 Å². The summed E-state index contributed by atoms with van der Waals surface area (Å²) < 4.78 is 12.1. The highest BCUT2D eigenvalue weighted by molar-refractivity contribution is 6.48. The Bertz CT molecular complexity index is 791.